The fourth-order valence-corrected chi connectivity index (χ4v) is 6.89. The molecule has 0 saturated carbocycles. The molecule has 2 N–H and O–H groups in total. The smallest absolute Gasteiger partial charge is 0.260 e. The van der Waals surface area contributed by atoms with Crippen molar-refractivity contribution < 1.29 is 66.5 Å². The molecule has 4 rings (SSSR count). The number of fused-ring (bicyclic) bond motifs is 2. The van der Waals surface area contributed by atoms with Gasteiger partial charge in [0.1, 0.15) is 0 Å². The third-order valence-corrected chi connectivity index (χ3v) is 10.5. The summed E-state index contributed by atoms with van der Waals surface area (Å²) in [5.41, 5.74) is 3.35. The van der Waals surface area contributed by atoms with Crippen molar-refractivity contribution in [1.82, 2.24) is 10.2 Å². The normalized spacial score (nSPS) is 15.2. The van der Waals surface area contributed by atoms with Crippen LogP contribution in [0, 0.1) is 11.8 Å². The number of amides is 3. The van der Waals surface area contributed by atoms with E-state index in [1.165, 1.54) is 14.2 Å². The van der Waals surface area contributed by atoms with E-state index in [0.717, 1.165) is 11.1 Å². The number of rotatable bonds is 35. The predicted octanol–water partition coefficient (Wildman–Crippen LogP) is 4.89. The van der Waals surface area contributed by atoms with Crippen LogP contribution in [0.3, 0.4) is 0 Å². The molecular formula is C48H70N4O14. The first-order valence-corrected chi connectivity index (χ1v) is 22.7. The maximum atomic E-state index is 13.6. The van der Waals surface area contributed by atoms with Gasteiger partial charge in [0.25, 0.3) is 5.91 Å². The van der Waals surface area contributed by atoms with E-state index in [1.54, 1.807) is 42.3 Å². The molecule has 0 spiro atoms. The maximum Gasteiger partial charge on any atom is 0.260 e. The molecular weight excluding hydrogens is 857 g/mol. The standard InChI is InChI=1S/C48H70N4O14/c1-7-59-14-15-61-18-19-63-22-23-65-26-27-66-25-24-64-21-20-62-17-16-60-13-12-45(54)51-46(34(2)3)42(53)28-35(4)47(55)50-38-10-8-36(9-11-38)37-29-39-32-49-41-31-44(58-6)43(57-5)30-40(41)48(56)52(39)33-37/h8-11,30-35,39,46H,7,12-29H2,1-6H3,(H,50,55)(H,51,54)/t35-,39+,46?/m1/s1. The minimum absolute atomic E-state index is 0.0433. The SMILES string of the molecule is CCOCCOCCOCCOCCOCCOCCOCCOCCC(=O)NC(C(=O)C[C@@H](C)C(=O)Nc1ccc(C2=CN3C(=O)c4cc(OC)c(OC)cc4N=C[C@@H]3C2)cc1)C(C)C. The van der Waals surface area contributed by atoms with E-state index < -0.39 is 12.0 Å². The molecule has 2 heterocycles. The molecule has 2 aliphatic heterocycles. The second-order valence-corrected chi connectivity index (χ2v) is 15.8. The third kappa shape index (κ3) is 18.5. The van der Waals surface area contributed by atoms with Crippen molar-refractivity contribution in [2.24, 2.45) is 16.8 Å². The van der Waals surface area contributed by atoms with Crippen LogP contribution in [0.2, 0.25) is 0 Å². The van der Waals surface area contributed by atoms with Gasteiger partial charge in [0.2, 0.25) is 11.8 Å². The highest BCUT2D eigenvalue weighted by Crippen LogP contribution is 2.39. The lowest BCUT2D eigenvalue weighted by molar-refractivity contribution is -0.131. The highest BCUT2D eigenvalue weighted by atomic mass is 16.6. The van der Waals surface area contributed by atoms with Gasteiger partial charge >= 0.3 is 0 Å². The lowest BCUT2D eigenvalue weighted by atomic mass is 9.92. The molecule has 0 aromatic heterocycles. The fraction of sp³-hybridized carbons (Fsp3) is 0.604. The van der Waals surface area contributed by atoms with Crippen LogP contribution in [-0.2, 0) is 52.3 Å². The van der Waals surface area contributed by atoms with Crippen LogP contribution in [0.15, 0.2) is 47.6 Å². The van der Waals surface area contributed by atoms with E-state index >= 15 is 0 Å². The van der Waals surface area contributed by atoms with Crippen molar-refractivity contribution in [3.05, 3.63) is 53.7 Å². The lowest BCUT2D eigenvalue weighted by Gasteiger charge is -2.23. The second-order valence-electron chi connectivity index (χ2n) is 15.8. The first-order valence-electron chi connectivity index (χ1n) is 22.7. The van der Waals surface area contributed by atoms with Crippen molar-refractivity contribution >= 4 is 46.7 Å². The van der Waals surface area contributed by atoms with Gasteiger partial charge in [0.05, 0.1) is 137 Å². The number of methoxy groups -OCH3 is 2. The molecule has 0 radical (unpaired) electrons. The zero-order chi connectivity index (χ0) is 47.5. The molecule has 366 valence electrons. The monoisotopic (exact) mass is 926 g/mol. The largest absolute Gasteiger partial charge is 0.493 e. The first-order chi connectivity index (χ1) is 32.1. The summed E-state index contributed by atoms with van der Waals surface area (Å²) >= 11 is 0. The van der Waals surface area contributed by atoms with Gasteiger partial charge in [-0.1, -0.05) is 32.9 Å². The number of ether oxygens (including phenoxy) is 10. The van der Waals surface area contributed by atoms with E-state index in [1.807, 2.05) is 39.1 Å². The van der Waals surface area contributed by atoms with Gasteiger partial charge in [-0.3, -0.25) is 24.2 Å². The van der Waals surface area contributed by atoms with Crippen LogP contribution in [0.25, 0.3) is 5.57 Å². The predicted molar refractivity (Wildman–Crippen MR) is 248 cm³/mol. The Labute approximate surface area is 388 Å². The number of carbonyl (C=O) groups is 4. The Morgan fingerprint density at radius 2 is 1.21 bits per heavy atom. The summed E-state index contributed by atoms with van der Waals surface area (Å²) in [4.78, 5) is 59.0. The van der Waals surface area contributed by atoms with Crippen molar-refractivity contribution in [3.63, 3.8) is 0 Å². The molecule has 2 aromatic carbocycles. The van der Waals surface area contributed by atoms with Crippen LogP contribution in [0.4, 0.5) is 11.4 Å². The Bertz CT molecular complexity index is 1860. The number of nitrogens with one attached hydrogen (secondary N) is 2. The summed E-state index contributed by atoms with van der Waals surface area (Å²) in [7, 11) is 3.05. The third-order valence-electron chi connectivity index (χ3n) is 10.5. The number of ketones is 1. The Morgan fingerprint density at radius 3 is 1.71 bits per heavy atom. The molecule has 3 atom stereocenters. The number of aliphatic imine (C=N–C) groups is 1. The number of hydrogen-bond donors (Lipinski definition) is 2. The number of anilines is 1. The summed E-state index contributed by atoms with van der Waals surface area (Å²) in [5.74, 6) is -0.923. The van der Waals surface area contributed by atoms with Gasteiger partial charge < -0.3 is 62.9 Å². The molecule has 0 bridgehead atoms. The van der Waals surface area contributed by atoms with Crippen molar-refractivity contribution in [2.75, 3.05) is 125 Å². The van der Waals surface area contributed by atoms with Gasteiger partial charge in [-0.15, -0.1) is 0 Å². The van der Waals surface area contributed by atoms with E-state index in [4.69, 9.17) is 47.4 Å². The Hall–Kier alpha value is -4.79. The van der Waals surface area contributed by atoms with Gasteiger partial charge in [-0.05, 0) is 42.2 Å². The average molecular weight is 927 g/mol. The van der Waals surface area contributed by atoms with Crippen LogP contribution in [0.5, 0.6) is 11.5 Å². The quantitative estimate of drug-likeness (QED) is 0.0886. The van der Waals surface area contributed by atoms with Gasteiger partial charge in [0, 0.05) is 56.0 Å². The number of Topliss-reactive ketones (excluding diaryl/α,β-unsaturated/α-hetero) is 1. The average Bonchev–Trinajstić information content (AvgIpc) is 3.70. The molecule has 2 aromatic rings. The minimum atomic E-state index is -0.745. The van der Waals surface area contributed by atoms with Crippen LogP contribution < -0.4 is 20.1 Å². The number of nitrogens with zero attached hydrogens (tertiary/aromatic N) is 2. The molecule has 3 amide bonds. The summed E-state index contributed by atoms with van der Waals surface area (Å²) in [5, 5.41) is 5.72. The molecule has 18 heteroatoms. The number of benzene rings is 2. The fourth-order valence-electron chi connectivity index (χ4n) is 6.89. The van der Waals surface area contributed by atoms with Crippen molar-refractivity contribution in [2.45, 2.75) is 59.0 Å². The van der Waals surface area contributed by atoms with Crippen LogP contribution in [0.1, 0.15) is 62.9 Å². The Kier molecular flexibility index (Phi) is 24.9. The van der Waals surface area contributed by atoms with Crippen LogP contribution in [-0.4, -0.2) is 167 Å². The second kappa shape index (κ2) is 30.5. The molecule has 2 aliphatic rings. The lowest BCUT2D eigenvalue weighted by Crippen LogP contribution is -2.45. The molecule has 0 saturated heterocycles. The zero-order valence-electron chi connectivity index (χ0n) is 39.5. The van der Waals surface area contributed by atoms with Gasteiger partial charge in [0.15, 0.2) is 17.3 Å². The maximum absolute atomic E-state index is 13.6. The molecule has 18 nitrogen and oxygen atoms in total. The van der Waals surface area contributed by atoms with E-state index in [0.29, 0.717) is 134 Å². The highest BCUT2D eigenvalue weighted by molar-refractivity contribution is 6.05. The number of carbonyl (C=O) groups excluding carboxylic acids is 4. The van der Waals surface area contributed by atoms with Crippen LogP contribution >= 0.6 is 0 Å². The highest BCUT2D eigenvalue weighted by Gasteiger charge is 2.34. The van der Waals surface area contributed by atoms with Gasteiger partial charge in [-0.2, -0.15) is 0 Å². The van der Waals surface area contributed by atoms with Crippen molar-refractivity contribution in [3.8, 4) is 11.5 Å². The van der Waals surface area contributed by atoms with E-state index in [-0.39, 0.29) is 54.9 Å². The summed E-state index contributed by atoms with van der Waals surface area (Å²) in [6.07, 6.45) is 4.20. The Balaban J connectivity index is 1.03. The van der Waals surface area contributed by atoms with E-state index in [2.05, 4.69) is 15.6 Å². The molecule has 66 heavy (non-hydrogen) atoms. The molecule has 0 fully saturated rings. The Morgan fingerprint density at radius 1 is 0.712 bits per heavy atom. The first kappa shape index (κ1) is 53.8. The van der Waals surface area contributed by atoms with Gasteiger partial charge in [-0.25, -0.2) is 0 Å². The zero-order valence-corrected chi connectivity index (χ0v) is 39.5. The molecule has 1 unspecified atom stereocenters. The number of hydrogen-bond acceptors (Lipinski definition) is 15. The summed E-state index contributed by atoms with van der Waals surface area (Å²) in [6.45, 7) is 14.7. The summed E-state index contributed by atoms with van der Waals surface area (Å²) in [6, 6.07) is 9.68. The summed E-state index contributed by atoms with van der Waals surface area (Å²) < 4.78 is 54.3. The topological polar surface area (TPSA) is 200 Å². The van der Waals surface area contributed by atoms with E-state index in [9.17, 15) is 19.2 Å². The molecule has 0 aliphatic carbocycles. The minimum Gasteiger partial charge on any atom is -0.493 e. The van der Waals surface area contributed by atoms with Crippen molar-refractivity contribution in [1.29, 1.82) is 0 Å².